The van der Waals surface area contributed by atoms with Crippen molar-refractivity contribution in [2.75, 3.05) is 7.11 Å². The Kier molecular flexibility index (Phi) is 6.04. The minimum Gasteiger partial charge on any atom is -0.494 e. The van der Waals surface area contributed by atoms with E-state index in [0.29, 0.717) is 5.56 Å². The number of nitriles is 1. The standard InChI is InChI=1S/C17H21FN2O4/c1-16(2,3)17(15(22)23,14(21)7-8-19)20-10-11-5-6-12(18)13(9-11)24-4/h5-6,9,20H,7,10H2,1-4H3,(H,22,23)/t17-/m0/s1. The van der Waals surface area contributed by atoms with E-state index in [-0.39, 0.29) is 12.3 Å². The Morgan fingerprint density at radius 2 is 2.00 bits per heavy atom. The van der Waals surface area contributed by atoms with Crippen LogP contribution in [0.1, 0.15) is 32.8 Å². The molecule has 0 aliphatic rings. The van der Waals surface area contributed by atoms with E-state index >= 15 is 0 Å². The van der Waals surface area contributed by atoms with Crippen LogP contribution < -0.4 is 10.1 Å². The Morgan fingerprint density at radius 3 is 2.46 bits per heavy atom. The maximum Gasteiger partial charge on any atom is 0.332 e. The molecule has 0 amide bonds. The van der Waals surface area contributed by atoms with Gasteiger partial charge >= 0.3 is 5.97 Å². The van der Waals surface area contributed by atoms with Crippen LogP contribution in [0, 0.1) is 22.6 Å². The molecule has 0 saturated carbocycles. The number of nitrogens with zero attached hydrogens (tertiary/aromatic N) is 1. The van der Waals surface area contributed by atoms with E-state index < -0.39 is 34.9 Å². The summed E-state index contributed by atoms with van der Waals surface area (Å²) in [5.74, 6) is -2.60. The van der Waals surface area contributed by atoms with Crippen molar-refractivity contribution in [1.82, 2.24) is 5.32 Å². The molecule has 0 bridgehead atoms. The largest absolute Gasteiger partial charge is 0.494 e. The molecule has 6 nitrogen and oxygen atoms in total. The number of hydrogen-bond acceptors (Lipinski definition) is 5. The summed E-state index contributed by atoms with van der Waals surface area (Å²) in [6.45, 7) is 4.81. The van der Waals surface area contributed by atoms with Crippen LogP contribution in [0.5, 0.6) is 5.75 Å². The van der Waals surface area contributed by atoms with Gasteiger partial charge in [0.15, 0.2) is 22.9 Å². The van der Waals surface area contributed by atoms with E-state index in [0.717, 1.165) is 0 Å². The van der Waals surface area contributed by atoms with Gasteiger partial charge in [0.05, 0.1) is 19.6 Å². The molecular formula is C17H21FN2O4. The third-order valence-electron chi connectivity index (χ3n) is 3.88. The highest BCUT2D eigenvalue weighted by molar-refractivity contribution is 6.09. The number of ketones is 1. The Balaban J connectivity index is 3.21. The highest BCUT2D eigenvalue weighted by Gasteiger charge is 2.54. The third kappa shape index (κ3) is 3.71. The molecule has 0 aliphatic carbocycles. The first kappa shape index (κ1) is 19.6. The summed E-state index contributed by atoms with van der Waals surface area (Å²) in [7, 11) is 1.32. The minimum atomic E-state index is -1.94. The van der Waals surface area contributed by atoms with E-state index in [1.54, 1.807) is 26.8 Å². The summed E-state index contributed by atoms with van der Waals surface area (Å²) in [5, 5.41) is 21.2. The first-order valence-corrected chi connectivity index (χ1v) is 7.31. The highest BCUT2D eigenvalue weighted by Crippen LogP contribution is 2.33. The number of halogens is 1. The SMILES string of the molecule is COc1cc(CN[C@](C(=O)O)(C(=O)CC#N)C(C)(C)C)ccc1F. The molecule has 24 heavy (non-hydrogen) atoms. The first-order valence-electron chi connectivity index (χ1n) is 7.31. The molecule has 0 aliphatic heterocycles. The van der Waals surface area contributed by atoms with Crippen molar-refractivity contribution >= 4 is 11.8 Å². The van der Waals surface area contributed by atoms with Gasteiger partial charge in [-0.1, -0.05) is 26.8 Å². The summed E-state index contributed by atoms with van der Waals surface area (Å²) >= 11 is 0. The van der Waals surface area contributed by atoms with Crippen LogP contribution in [0.2, 0.25) is 0 Å². The number of carbonyl (C=O) groups is 2. The average molecular weight is 336 g/mol. The third-order valence-corrected chi connectivity index (χ3v) is 3.88. The Morgan fingerprint density at radius 1 is 1.38 bits per heavy atom. The molecule has 1 atom stereocenters. The van der Waals surface area contributed by atoms with Gasteiger partial charge in [-0.15, -0.1) is 0 Å². The fourth-order valence-electron chi connectivity index (χ4n) is 2.55. The van der Waals surface area contributed by atoms with Crippen LogP contribution in [0.25, 0.3) is 0 Å². The normalized spacial score (nSPS) is 13.7. The van der Waals surface area contributed by atoms with Gasteiger partial charge in [0.1, 0.15) is 0 Å². The van der Waals surface area contributed by atoms with Gasteiger partial charge in [0, 0.05) is 6.54 Å². The second-order valence-electron chi connectivity index (χ2n) is 6.39. The number of ether oxygens (including phenoxy) is 1. The molecule has 2 N–H and O–H groups in total. The van der Waals surface area contributed by atoms with E-state index in [2.05, 4.69) is 5.32 Å². The molecule has 0 aromatic heterocycles. The summed E-state index contributed by atoms with van der Waals surface area (Å²) in [6, 6.07) is 5.79. The molecule has 0 fully saturated rings. The zero-order chi connectivity index (χ0) is 18.5. The van der Waals surface area contributed by atoms with Gasteiger partial charge in [0.25, 0.3) is 0 Å². The van der Waals surface area contributed by atoms with Crippen molar-refractivity contribution in [3.8, 4) is 11.8 Å². The number of benzene rings is 1. The number of Topliss-reactive ketones (excluding diaryl/α,β-unsaturated/α-hetero) is 1. The summed E-state index contributed by atoms with van der Waals surface area (Å²) in [6.07, 6.45) is -0.524. The lowest BCUT2D eigenvalue weighted by molar-refractivity contribution is -0.156. The number of methoxy groups -OCH3 is 1. The Bertz CT molecular complexity index is 676. The van der Waals surface area contributed by atoms with Gasteiger partial charge in [-0.3, -0.25) is 10.1 Å². The minimum absolute atomic E-state index is 0.00260. The highest BCUT2D eigenvalue weighted by atomic mass is 19.1. The van der Waals surface area contributed by atoms with E-state index in [4.69, 9.17) is 10.00 Å². The van der Waals surface area contributed by atoms with Crippen LogP contribution in [-0.4, -0.2) is 29.5 Å². The number of aliphatic carboxylic acids is 1. The summed E-state index contributed by atoms with van der Waals surface area (Å²) in [4.78, 5) is 24.3. The van der Waals surface area contributed by atoms with Gasteiger partial charge < -0.3 is 9.84 Å². The lowest BCUT2D eigenvalue weighted by Crippen LogP contribution is -2.65. The fourth-order valence-corrected chi connectivity index (χ4v) is 2.55. The van der Waals surface area contributed by atoms with Crippen molar-refractivity contribution in [1.29, 1.82) is 5.26 Å². The second kappa shape index (κ2) is 7.41. The van der Waals surface area contributed by atoms with Crippen LogP contribution in [0.15, 0.2) is 18.2 Å². The average Bonchev–Trinajstić information content (AvgIpc) is 2.47. The second-order valence-corrected chi connectivity index (χ2v) is 6.39. The van der Waals surface area contributed by atoms with E-state index in [9.17, 15) is 19.1 Å². The molecule has 0 radical (unpaired) electrons. The lowest BCUT2D eigenvalue weighted by Gasteiger charge is -2.40. The zero-order valence-corrected chi connectivity index (χ0v) is 14.1. The van der Waals surface area contributed by atoms with E-state index in [1.165, 1.54) is 25.3 Å². The first-order chi connectivity index (χ1) is 11.1. The molecule has 0 saturated heterocycles. The summed E-state index contributed by atoms with van der Waals surface area (Å²) in [5.41, 5.74) is -2.38. The fraction of sp³-hybridized carbons (Fsp3) is 0.471. The quantitative estimate of drug-likeness (QED) is 0.741. The number of carboxylic acids is 1. The van der Waals surface area contributed by atoms with Crippen LogP contribution in [0.4, 0.5) is 4.39 Å². The van der Waals surface area contributed by atoms with Crippen molar-refractivity contribution < 1.29 is 23.8 Å². The zero-order valence-electron chi connectivity index (χ0n) is 14.1. The van der Waals surface area contributed by atoms with Crippen molar-refractivity contribution in [3.63, 3.8) is 0 Å². The lowest BCUT2D eigenvalue weighted by atomic mass is 9.70. The van der Waals surface area contributed by atoms with Crippen LogP contribution in [-0.2, 0) is 16.1 Å². The van der Waals surface area contributed by atoms with Gasteiger partial charge in [-0.05, 0) is 23.1 Å². The van der Waals surface area contributed by atoms with Crippen molar-refractivity contribution in [2.24, 2.45) is 5.41 Å². The molecule has 1 aromatic carbocycles. The van der Waals surface area contributed by atoms with Gasteiger partial charge in [-0.25, -0.2) is 9.18 Å². The molecule has 7 heteroatoms. The maximum atomic E-state index is 13.5. The van der Waals surface area contributed by atoms with Gasteiger partial charge in [0.2, 0.25) is 0 Å². The van der Waals surface area contributed by atoms with Crippen LogP contribution >= 0.6 is 0 Å². The number of nitrogens with one attached hydrogen (secondary N) is 1. The Hall–Kier alpha value is -2.46. The monoisotopic (exact) mass is 336 g/mol. The molecule has 0 spiro atoms. The number of rotatable bonds is 7. The van der Waals surface area contributed by atoms with Gasteiger partial charge in [-0.2, -0.15) is 5.26 Å². The predicted molar refractivity (Wildman–Crippen MR) is 84.9 cm³/mol. The topological polar surface area (TPSA) is 99.4 Å². The molecular weight excluding hydrogens is 315 g/mol. The number of hydrogen-bond donors (Lipinski definition) is 2. The predicted octanol–water partition coefficient (Wildman–Crippen LogP) is 2.28. The Labute approximate surface area is 140 Å². The number of carboxylic acid groups (broad SMARTS) is 1. The smallest absolute Gasteiger partial charge is 0.332 e. The molecule has 130 valence electrons. The molecule has 0 unspecified atom stereocenters. The molecule has 1 rings (SSSR count). The summed E-state index contributed by atoms with van der Waals surface area (Å²) < 4.78 is 18.3. The number of carbonyl (C=O) groups excluding carboxylic acids is 1. The maximum absolute atomic E-state index is 13.5. The van der Waals surface area contributed by atoms with Crippen molar-refractivity contribution in [2.45, 2.75) is 39.3 Å². The van der Waals surface area contributed by atoms with Crippen molar-refractivity contribution in [3.05, 3.63) is 29.6 Å². The molecule has 1 aromatic rings. The molecule has 0 heterocycles. The van der Waals surface area contributed by atoms with E-state index in [1.807, 2.05) is 0 Å². The van der Waals surface area contributed by atoms with Crippen LogP contribution in [0.3, 0.4) is 0 Å².